The third kappa shape index (κ3) is 1.69. The zero-order valence-corrected chi connectivity index (χ0v) is 10.5. The first kappa shape index (κ1) is 11.2. The Hall–Kier alpha value is -0.930. The van der Waals surface area contributed by atoms with Gasteiger partial charge in [-0.05, 0) is 36.1 Å². The highest BCUT2D eigenvalue weighted by molar-refractivity contribution is 6.34. The lowest BCUT2D eigenvalue weighted by Crippen LogP contribution is -2.31. The summed E-state index contributed by atoms with van der Waals surface area (Å²) in [6, 6.07) is 5.50. The number of fused-ring (bicyclic) bond motifs is 1. The first-order chi connectivity index (χ1) is 8.01. The van der Waals surface area contributed by atoms with Crippen LogP contribution < -0.4 is 0 Å². The standard InChI is InChI=1S/C12H11Cl2NO2/c13-9-1-7(2-10(14)3-9)12-4-8(12)5-15(6-12)11(16)17/h1-3,8H,4-6H2,(H,16,17). The Labute approximate surface area is 109 Å². The predicted molar refractivity (Wildman–Crippen MR) is 65.8 cm³/mol. The van der Waals surface area contributed by atoms with Crippen LogP contribution in [0.2, 0.25) is 10.0 Å². The number of carboxylic acid groups (broad SMARTS) is 1. The van der Waals surface area contributed by atoms with Gasteiger partial charge in [0.15, 0.2) is 0 Å². The molecule has 1 heterocycles. The maximum Gasteiger partial charge on any atom is 0.407 e. The van der Waals surface area contributed by atoms with E-state index in [9.17, 15) is 4.79 Å². The zero-order chi connectivity index (χ0) is 12.2. The highest BCUT2D eigenvalue weighted by Crippen LogP contribution is 2.59. The van der Waals surface area contributed by atoms with Gasteiger partial charge in [-0.3, -0.25) is 0 Å². The molecule has 3 rings (SSSR count). The fourth-order valence-electron chi connectivity index (χ4n) is 2.92. The van der Waals surface area contributed by atoms with Crippen LogP contribution in [0.5, 0.6) is 0 Å². The Balaban J connectivity index is 1.93. The Bertz CT molecular complexity index is 485. The molecule has 90 valence electrons. The largest absolute Gasteiger partial charge is 0.465 e. The summed E-state index contributed by atoms with van der Waals surface area (Å²) < 4.78 is 0. The Morgan fingerprint density at radius 3 is 2.53 bits per heavy atom. The number of nitrogens with zero attached hydrogens (tertiary/aromatic N) is 1. The Morgan fingerprint density at radius 2 is 2.00 bits per heavy atom. The average molecular weight is 272 g/mol. The minimum atomic E-state index is -0.843. The molecular formula is C12H11Cl2NO2. The molecule has 2 fully saturated rings. The van der Waals surface area contributed by atoms with Gasteiger partial charge in [0.05, 0.1) is 0 Å². The average Bonchev–Trinajstić information content (AvgIpc) is 2.80. The second kappa shape index (κ2) is 3.53. The smallest absolute Gasteiger partial charge is 0.407 e. The van der Waals surface area contributed by atoms with Crippen molar-refractivity contribution in [3.8, 4) is 0 Å². The van der Waals surface area contributed by atoms with Crippen molar-refractivity contribution in [2.24, 2.45) is 5.92 Å². The number of piperidine rings is 1. The SMILES string of the molecule is O=C(O)N1CC2CC2(c2cc(Cl)cc(Cl)c2)C1. The van der Waals surface area contributed by atoms with Crippen LogP contribution in [0, 0.1) is 5.92 Å². The zero-order valence-electron chi connectivity index (χ0n) is 8.99. The number of halogens is 2. The van der Waals surface area contributed by atoms with E-state index in [1.165, 1.54) is 4.90 Å². The number of likely N-dealkylation sites (tertiary alicyclic amines) is 1. The van der Waals surface area contributed by atoms with Crippen LogP contribution >= 0.6 is 23.2 Å². The lowest BCUT2D eigenvalue weighted by Gasteiger charge is -2.18. The number of amides is 1. The van der Waals surface area contributed by atoms with E-state index in [1.54, 1.807) is 6.07 Å². The summed E-state index contributed by atoms with van der Waals surface area (Å²) in [4.78, 5) is 12.4. The predicted octanol–water partition coefficient (Wildman–Crippen LogP) is 3.24. The van der Waals surface area contributed by atoms with E-state index < -0.39 is 6.09 Å². The summed E-state index contributed by atoms with van der Waals surface area (Å²) >= 11 is 12.0. The Kier molecular flexibility index (Phi) is 2.32. The van der Waals surface area contributed by atoms with Crippen LogP contribution in [0.25, 0.3) is 0 Å². The van der Waals surface area contributed by atoms with E-state index in [0.29, 0.717) is 29.1 Å². The van der Waals surface area contributed by atoms with Crippen LogP contribution in [0.4, 0.5) is 4.79 Å². The lowest BCUT2D eigenvalue weighted by molar-refractivity contribution is 0.150. The molecule has 1 saturated carbocycles. The van der Waals surface area contributed by atoms with Crippen molar-refractivity contribution in [3.63, 3.8) is 0 Å². The van der Waals surface area contributed by atoms with Crippen LogP contribution in [0.1, 0.15) is 12.0 Å². The van der Waals surface area contributed by atoms with Crippen molar-refractivity contribution in [1.82, 2.24) is 4.90 Å². The maximum absolute atomic E-state index is 10.9. The van der Waals surface area contributed by atoms with Gasteiger partial charge in [0.1, 0.15) is 0 Å². The van der Waals surface area contributed by atoms with E-state index >= 15 is 0 Å². The molecule has 0 radical (unpaired) electrons. The number of hydrogen-bond acceptors (Lipinski definition) is 1. The van der Waals surface area contributed by atoms with Gasteiger partial charge < -0.3 is 10.0 Å². The third-order valence-corrected chi connectivity index (χ3v) is 4.29. The molecule has 1 aliphatic carbocycles. The van der Waals surface area contributed by atoms with Crippen molar-refractivity contribution in [1.29, 1.82) is 0 Å². The van der Waals surface area contributed by atoms with Gasteiger partial charge in [-0.1, -0.05) is 23.2 Å². The van der Waals surface area contributed by atoms with E-state index in [1.807, 2.05) is 12.1 Å². The number of carbonyl (C=O) groups is 1. The monoisotopic (exact) mass is 271 g/mol. The summed E-state index contributed by atoms with van der Waals surface area (Å²) in [6.07, 6.45) is 0.192. The van der Waals surface area contributed by atoms with Crippen molar-refractivity contribution >= 4 is 29.3 Å². The topological polar surface area (TPSA) is 40.5 Å². The highest BCUT2D eigenvalue weighted by atomic mass is 35.5. The third-order valence-electron chi connectivity index (χ3n) is 3.85. The van der Waals surface area contributed by atoms with Crippen molar-refractivity contribution in [2.45, 2.75) is 11.8 Å². The first-order valence-corrected chi connectivity index (χ1v) is 6.21. The van der Waals surface area contributed by atoms with Crippen LogP contribution in [0.3, 0.4) is 0 Å². The minimum Gasteiger partial charge on any atom is -0.465 e. The normalized spacial score (nSPS) is 30.2. The molecule has 1 saturated heterocycles. The van der Waals surface area contributed by atoms with Crippen LogP contribution in [0.15, 0.2) is 18.2 Å². The summed E-state index contributed by atoms with van der Waals surface area (Å²) in [5.41, 5.74) is 1.04. The molecule has 5 heteroatoms. The van der Waals surface area contributed by atoms with Gasteiger partial charge >= 0.3 is 6.09 Å². The molecule has 1 N–H and O–H groups in total. The van der Waals surface area contributed by atoms with Gasteiger partial charge in [-0.2, -0.15) is 0 Å². The summed E-state index contributed by atoms with van der Waals surface area (Å²) in [5.74, 6) is 0.424. The van der Waals surface area contributed by atoms with Gasteiger partial charge in [-0.25, -0.2) is 4.79 Å². The van der Waals surface area contributed by atoms with Gasteiger partial charge in [-0.15, -0.1) is 0 Å². The summed E-state index contributed by atoms with van der Waals surface area (Å²) in [5, 5.41) is 10.2. The van der Waals surface area contributed by atoms with Crippen LogP contribution in [-0.2, 0) is 5.41 Å². The van der Waals surface area contributed by atoms with Crippen molar-refractivity contribution in [3.05, 3.63) is 33.8 Å². The summed E-state index contributed by atoms with van der Waals surface area (Å²) in [6.45, 7) is 1.18. The molecule has 0 aromatic heterocycles. The van der Waals surface area contributed by atoms with Gasteiger partial charge in [0, 0.05) is 28.5 Å². The molecule has 2 unspecified atom stereocenters. The number of rotatable bonds is 1. The van der Waals surface area contributed by atoms with Crippen molar-refractivity contribution < 1.29 is 9.90 Å². The van der Waals surface area contributed by atoms with E-state index in [2.05, 4.69) is 0 Å². The minimum absolute atomic E-state index is 0.0348. The number of hydrogen-bond donors (Lipinski definition) is 1. The molecule has 2 aliphatic rings. The molecular weight excluding hydrogens is 261 g/mol. The fourth-order valence-corrected chi connectivity index (χ4v) is 3.44. The molecule has 2 atom stereocenters. The van der Waals surface area contributed by atoms with E-state index in [4.69, 9.17) is 28.3 Å². The Morgan fingerprint density at radius 1 is 1.35 bits per heavy atom. The first-order valence-electron chi connectivity index (χ1n) is 5.46. The second-order valence-corrected chi connectivity index (χ2v) is 5.75. The highest BCUT2D eigenvalue weighted by Gasteiger charge is 2.61. The molecule has 1 aromatic carbocycles. The lowest BCUT2D eigenvalue weighted by atomic mass is 9.95. The molecule has 0 spiro atoms. The molecule has 17 heavy (non-hydrogen) atoms. The van der Waals surface area contributed by atoms with Crippen molar-refractivity contribution in [2.75, 3.05) is 13.1 Å². The maximum atomic E-state index is 10.9. The van der Waals surface area contributed by atoms with E-state index in [-0.39, 0.29) is 5.41 Å². The molecule has 1 amide bonds. The van der Waals surface area contributed by atoms with Gasteiger partial charge in [0.2, 0.25) is 0 Å². The van der Waals surface area contributed by atoms with Crippen LogP contribution in [-0.4, -0.2) is 29.2 Å². The quantitative estimate of drug-likeness (QED) is 0.852. The molecule has 3 nitrogen and oxygen atoms in total. The van der Waals surface area contributed by atoms with Gasteiger partial charge in [0.25, 0.3) is 0 Å². The summed E-state index contributed by atoms with van der Waals surface area (Å²) in [7, 11) is 0. The van der Waals surface area contributed by atoms with E-state index in [0.717, 1.165) is 12.0 Å². The molecule has 1 aromatic rings. The molecule has 1 aliphatic heterocycles. The molecule has 0 bridgehead atoms. The number of benzene rings is 1. The fraction of sp³-hybridized carbons (Fsp3) is 0.417. The second-order valence-electron chi connectivity index (χ2n) is 4.88.